The van der Waals surface area contributed by atoms with Crippen LogP contribution in [0.1, 0.15) is 20.8 Å². The molecule has 0 saturated heterocycles. The number of halogens is 1. The summed E-state index contributed by atoms with van der Waals surface area (Å²) in [6, 6.07) is 2.82. The van der Waals surface area contributed by atoms with Gasteiger partial charge in [-0.15, -0.1) is 0 Å². The van der Waals surface area contributed by atoms with Crippen LogP contribution in [0.2, 0.25) is 5.02 Å². The second kappa shape index (κ2) is 6.73. The molecule has 6 heteroatoms. The number of rotatable bonds is 5. The second-order valence-corrected chi connectivity index (χ2v) is 5.73. The van der Waals surface area contributed by atoms with E-state index in [-0.39, 0.29) is 11.3 Å². The molecule has 0 unspecified atom stereocenters. The molecular formula is C13H20ClN3O2. The number of nitrogens with zero attached hydrogens (tertiary/aromatic N) is 1. The molecule has 1 heterocycles. The van der Waals surface area contributed by atoms with Crippen LogP contribution in [0.25, 0.3) is 0 Å². The van der Waals surface area contributed by atoms with Crippen LogP contribution in [-0.4, -0.2) is 30.1 Å². The van der Waals surface area contributed by atoms with Crippen molar-refractivity contribution in [1.29, 1.82) is 0 Å². The molecule has 1 aromatic heterocycles. The van der Waals surface area contributed by atoms with E-state index in [0.717, 1.165) is 0 Å². The Balaban J connectivity index is 2.28. The van der Waals surface area contributed by atoms with Crippen molar-refractivity contribution in [2.45, 2.75) is 26.8 Å². The molecule has 3 N–H and O–H groups in total. The highest BCUT2D eigenvalue weighted by molar-refractivity contribution is 6.30. The summed E-state index contributed by atoms with van der Waals surface area (Å²) >= 11 is 5.70. The number of pyridine rings is 1. The number of carbonyl (C=O) groups excluding carboxylic acids is 1. The van der Waals surface area contributed by atoms with Crippen molar-refractivity contribution in [1.82, 2.24) is 10.3 Å². The van der Waals surface area contributed by atoms with E-state index in [1.54, 1.807) is 12.1 Å². The molecule has 19 heavy (non-hydrogen) atoms. The first-order valence-electron chi connectivity index (χ1n) is 6.08. The Bertz CT molecular complexity index is 415. The third-order valence-electron chi connectivity index (χ3n) is 2.57. The highest BCUT2D eigenvalue weighted by Gasteiger charge is 2.26. The Kier molecular flexibility index (Phi) is 5.57. The van der Waals surface area contributed by atoms with Gasteiger partial charge in [-0.1, -0.05) is 32.4 Å². The van der Waals surface area contributed by atoms with Crippen LogP contribution in [0.3, 0.4) is 0 Å². The monoisotopic (exact) mass is 285 g/mol. The molecule has 1 aromatic rings. The maximum Gasteiger partial charge on any atom is 0.237 e. The summed E-state index contributed by atoms with van der Waals surface area (Å²) in [5.41, 5.74) is 5.56. The van der Waals surface area contributed by atoms with Crippen molar-refractivity contribution in [2.24, 2.45) is 11.1 Å². The molecule has 0 spiro atoms. The van der Waals surface area contributed by atoms with Gasteiger partial charge in [-0.05, 0) is 11.5 Å². The Hall–Kier alpha value is -1.33. The Morgan fingerprint density at radius 2 is 2.21 bits per heavy atom. The summed E-state index contributed by atoms with van der Waals surface area (Å²) in [6.07, 6.45) is 1.50. The first-order valence-corrected chi connectivity index (χ1v) is 6.46. The van der Waals surface area contributed by atoms with E-state index in [1.807, 2.05) is 20.8 Å². The number of aromatic nitrogens is 1. The third kappa shape index (κ3) is 5.44. The average Bonchev–Trinajstić information content (AvgIpc) is 2.34. The van der Waals surface area contributed by atoms with Gasteiger partial charge >= 0.3 is 0 Å². The van der Waals surface area contributed by atoms with Crippen LogP contribution in [0.4, 0.5) is 0 Å². The van der Waals surface area contributed by atoms with Crippen LogP contribution in [0.5, 0.6) is 5.88 Å². The summed E-state index contributed by atoms with van der Waals surface area (Å²) in [4.78, 5) is 15.7. The molecule has 1 rings (SSSR count). The molecular weight excluding hydrogens is 266 g/mol. The molecule has 0 fully saturated rings. The first kappa shape index (κ1) is 15.7. The number of ether oxygens (including phenoxy) is 1. The number of nitrogens with two attached hydrogens (primary N) is 1. The van der Waals surface area contributed by atoms with Crippen LogP contribution in [-0.2, 0) is 4.79 Å². The van der Waals surface area contributed by atoms with Crippen LogP contribution < -0.4 is 15.8 Å². The topological polar surface area (TPSA) is 77.2 Å². The predicted molar refractivity (Wildman–Crippen MR) is 75.2 cm³/mol. The lowest BCUT2D eigenvalue weighted by molar-refractivity contribution is -0.124. The molecule has 106 valence electrons. The summed E-state index contributed by atoms with van der Waals surface area (Å²) in [5, 5.41) is 3.28. The average molecular weight is 286 g/mol. The fourth-order valence-electron chi connectivity index (χ4n) is 1.28. The summed E-state index contributed by atoms with van der Waals surface area (Å²) in [7, 11) is 0. The molecule has 0 bridgehead atoms. The Morgan fingerprint density at radius 3 is 2.74 bits per heavy atom. The van der Waals surface area contributed by atoms with E-state index < -0.39 is 6.04 Å². The number of carbonyl (C=O) groups is 1. The smallest absolute Gasteiger partial charge is 0.237 e. The molecule has 0 aromatic carbocycles. The second-order valence-electron chi connectivity index (χ2n) is 5.30. The highest BCUT2D eigenvalue weighted by atomic mass is 35.5. The lowest BCUT2D eigenvalue weighted by Gasteiger charge is -2.25. The van der Waals surface area contributed by atoms with Crippen LogP contribution in [0.15, 0.2) is 18.3 Å². The minimum Gasteiger partial charge on any atom is -0.476 e. The molecule has 0 aliphatic heterocycles. The Labute approximate surface area is 118 Å². The van der Waals surface area contributed by atoms with Crippen molar-refractivity contribution in [3.63, 3.8) is 0 Å². The molecule has 0 aliphatic rings. The van der Waals surface area contributed by atoms with Gasteiger partial charge in [0.25, 0.3) is 0 Å². The zero-order valence-corrected chi connectivity index (χ0v) is 12.2. The van der Waals surface area contributed by atoms with E-state index in [2.05, 4.69) is 10.3 Å². The largest absolute Gasteiger partial charge is 0.476 e. The quantitative estimate of drug-likeness (QED) is 0.806. The highest BCUT2D eigenvalue weighted by Crippen LogP contribution is 2.17. The van der Waals surface area contributed by atoms with Gasteiger partial charge in [0, 0.05) is 12.3 Å². The van der Waals surface area contributed by atoms with Crippen LogP contribution in [0, 0.1) is 5.41 Å². The standard InChI is InChI=1S/C13H20ClN3O2/c1-13(2,3)11(15)12(18)16-6-7-19-10-5-4-9(14)8-17-10/h4-5,8,11H,6-7,15H2,1-3H3,(H,16,18)/t11-/m1/s1. The van der Waals surface area contributed by atoms with Gasteiger partial charge in [0.15, 0.2) is 0 Å². The van der Waals surface area contributed by atoms with Crippen molar-refractivity contribution >= 4 is 17.5 Å². The first-order chi connectivity index (χ1) is 8.80. The van der Waals surface area contributed by atoms with E-state index in [0.29, 0.717) is 24.1 Å². The van der Waals surface area contributed by atoms with Gasteiger partial charge in [0.2, 0.25) is 11.8 Å². The van der Waals surface area contributed by atoms with Crippen molar-refractivity contribution < 1.29 is 9.53 Å². The minimum absolute atomic E-state index is 0.180. The van der Waals surface area contributed by atoms with E-state index in [9.17, 15) is 4.79 Å². The molecule has 0 saturated carbocycles. The summed E-state index contributed by atoms with van der Waals surface area (Å²) in [6.45, 7) is 6.48. The van der Waals surface area contributed by atoms with Gasteiger partial charge in [-0.3, -0.25) is 4.79 Å². The number of nitrogens with one attached hydrogen (secondary N) is 1. The van der Waals surface area contributed by atoms with Gasteiger partial charge in [0.1, 0.15) is 6.61 Å². The van der Waals surface area contributed by atoms with Crippen molar-refractivity contribution in [3.05, 3.63) is 23.4 Å². The van der Waals surface area contributed by atoms with Gasteiger partial charge < -0.3 is 15.8 Å². The molecule has 1 amide bonds. The normalized spacial score (nSPS) is 12.9. The van der Waals surface area contributed by atoms with Gasteiger partial charge in [0.05, 0.1) is 17.6 Å². The van der Waals surface area contributed by atoms with E-state index in [4.69, 9.17) is 22.1 Å². The van der Waals surface area contributed by atoms with Crippen molar-refractivity contribution in [3.8, 4) is 5.88 Å². The molecule has 5 nitrogen and oxygen atoms in total. The van der Waals surface area contributed by atoms with E-state index >= 15 is 0 Å². The maximum atomic E-state index is 11.7. The summed E-state index contributed by atoms with van der Waals surface area (Å²) in [5.74, 6) is 0.291. The molecule has 1 atom stereocenters. The SMILES string of the molecule is CC(C)(C)[C@H](N)C(=O)NCCOc1ccc(Cl)cn1. The van der Waals surface area contributed by atoms with Crippen LogP contribution >= 0.6 is 11.6 Å². The zero-order valence-electron chi connectivity index (χ0n) is 11.4. The van der Waals surface area contributed by atoms with E-state index in [1.165, 1.54) is 6.20 Å². The lowest BCUT2D eigenvalue weighted by Crippen LogP contribution is -2.49. The fraction of sp³-hybridized carbons (Fsp3) is 0.538. The maximum absolute atomic E-state index is 11.7. The summed E-state index contributed by atoms with van der Waals surface area (Å²) < 4.78 is 5.35. The lowest BCUT2D eigenvalue weighted by atomic mass is 9.87. The predicted octanol–water partition coefficient (Wildman–Crippen LogP) is 1.60. The number of hydrogen-bond acceptors (Lipinski definition) is 4. The minimum atomic E-state index is -0.541. The fourth-order valence-corrected chi connectivity index (χ4v) is 1.39. The van der Waals surface area contributed by atoms with Crippen molar-refractivity contribution in [2.75, 3.05) is 13.2 Å². The van der Waals surface area contributed by atoms with Gasteiger partial charge in [-0.2, -0.15) is 0 Å². The molecule has 0 aliphatic carbocycles. The number of hydrogen-bond donors (Lipinski definition) is 2. The molecule has 0 radical (unpaired) electrons. The number of amides is 1. The third-order valence-corrected chi connectivity index (χ3v) is 2.79. The zero-order chi connectivity index (χ0) is 14.5. The van der Waals surface area contributed by atoms with Gasteiger partial charge in [-0.25, -0.2) is 4.98 Å². The Morgan fingerprint density at radius 1 is 1.53 bits per heavy atom.